The van der Waals surface area contributed by atoms with Gasteiger partial charge in [0.2, 0.25) is 5.91 Å². The molecule has 140 valence electrons. The van der Waals surface area contributed by atoms with E-state index in [4.69, 9.17) is 0 Å². The van der Waals surface area contributed by atoms with Gasteiger partial charge in [0, 0.05) is 25.2 Å². The second-order valence-electron chi connectivity index (χ2n) is 7.41. The zero-order valence-electron chi connectivity index (χ0n) is 16.4. The predicted molar refractivity (Wildman–Crippen MR) is 105 cm³/mol. The average molecular weight is 348 g/mol. The molecule has 1 rings (SSSR count). The topological polar surface area (TPSA) is 68.8 Å². The van der Waals surface area contributed by atoms with Crippen molar-refractivity contribution in [3.05, 3.63) is 35.9 Å². The van der Waals surface area contributed by atoms with E-state index in [1.54, 1.807) is 7.05 Å². The van der Waals surface area contributed by atoms with Crippen LogP contribution in [0.1, 0.15) is 26.3 Å². The third-order valence-corrected chi connectivity index (χ3v) is 3.70. The van der Waals surface area contributed by atoms with E-state index in [1.165, 1.54) is 5.56 Å². The molecule has 0 aromatic heterocycles. The second kappa shape index (κ2) is 10.0. The largest absolute Gasteiger partial charge is 0.355 e. The van der Waals surface area contributed by atoms with Gasteiger partial charge in [-0.05, 0) is 46.9 Å². The molecule has 0 saturated heterocycles. The van der Waals surface area contributed by atoms with E-state index in [1.807, 2.05) is 26.8 Å². The quantitative estimate of drug-likeness (QED) is 0.513. The summed E-state index contributed by atoms with van der Waals surface area (Å²) in [7, 11) is 5.85. The van der Waals surface area contributed by atoms with Crippen LogP contribution >= 0.6 is 0 Å². The third kappa shape index (κ3) is 9.10. The Balaban J connectivity index is 2.49. The number of rotatable bonds is 7. The van der Waals surface area contributed by atoms with Gasteiger partial charge in [0.05, 0.1) is 6.54 Å². The Morgan fingerprint density at radius 2 is 1.80 bits per heavy atom. The summed E-state index contributed by atoms with van der Waals surface area (Å²) in [6, 6.07) is 10.7. The van der Waals surface area contributed by atoms with Crippen LogP contribution in [0, 0.1) is 0 Å². The minimum absolute atomic E-state index is 0.0519. The predicted octanol–water partition coefficient (Wildman–Crippen LogP) is 1.24. The van der Waals surface area contributed by atoms with E-state index in [0.717, 1.165) is 13.0 Å². The molecule has 0 aliphatic heterocycles. The maximum atomic E-state index is 11.9. The standard InChI is InChI=1S/C19H33N5O/c1-19(2,3)23-17(25)14-22-18(20-4)21-13-16(24(5)6)12-15-10-8-7-9-11-15/h7-11,16H,12-14H2,1-6H3,(H,23,25)(H2,20,21,22). The minimum Gasteiger partial charge on any atom is -0.355 e. The van der Waals surface area contributed by atoms with Crippen LogP contribution in [0.5, 0.6) is 0 Å². The van der Waals surface area contributed by atoms with E-state index < -0.39 is 0 Å². The number of carbonyl (C=O) groups excluding carboxylic acids is 1. The summed E-state index contributed by atoms with van der Waals surface area (Å²) in [4.78, 5) is 18.3. The van der Waals surface area contributed by atoms with E-state index in [9.17, 15) is 4.79 Å². The van der Waals surface area contributed by atoms with Gasteiger partial charge in [-0.1, -0.05) is 30.3 Å². The van der Waals surface area contributed by atoms with Gasteiger partial charge in [-0.3, -0.25) is 9.79 Å². The van der Waals surface area contributed by atoms with E-state index in [2.05, 4.69) is 64.2 Å². The van der Waals surface area contributed by atoms with Gasteiger partial charge in [0.1, 0.15) is 0 Å². The average Bonchev–Trinajstić information content (AvgIpc) is 2.52. The second-order valence-corrected chi connectivity index (χ2v) is 7.41. The van der Waals surface area contributed by atoms with Crippen molar-refractivity contribution in [2.45, 2.75) is 38.8 Å². The molecule has 0 aliphatic carbocycles. The fourth-order valence-electron chi connectivity index (χ4n) is 2.39. The van der Waals surface area contributed by atoms with Crippen LogP contribution < -0.4 is 16.0 Å². The number of amides is 1. The van der Waals surface area contributed by atoms with Crippen molar-refractivity contribution in [2.24, 2.45) is 4.99 Å². The summed E-state index contributed by atoms with van der Waals surface area (Å²) in [5, 5.41) is 9.29. The summed E-state index contributed by atoms with van der Waals surface area (Å²) < 4.78 is 0. The number of carbonyl (C=O) groups is 1. The minimum atomic E-state index is -0.235. The highest BCUT2D eigenvalue weighted by Crippen LogP contribution is 2.06. The molecule has 0 heterocycles. The number of hydrogen-bond donors (Lipinski definition) is 3. The van der Waals surface area contributed by atoms with Crippen LogP contribution in [0.25, 0.3) is 0 Å². The van der Waals surface area contributed by atoms with Crippen LogP contribution in [0.15, 0.2) is 35.3 Å². The van der Waals surface area contributed by atoms with Gasteiger partial charge < -0.3 is 20.9 Å². The highest BCUT2D eigenvalue weighted by molar-refractivity contribution is 5.86. The first-order valence-corrected chi connectivity index (χ1v) is 8.67. The molecule has 3 N–H and O–H groups in total. The number of guanidine groups is 1. The lowest BCUT2D eigenvalue weighted by atomic mass is 10.1. The SMILES string of the molecule is CN=C(NCC(=O)NC(C)(C)C)NCC(Cc1ccccc1)N(C)C. The molecule has 0 spiro atoms. The summed E-state index contributed by atoms with van der Waals surface area (Å²) in [5.41, 5.74) is 1.07. The lowest BCUT2D eigenvalue weighted by Gasteiger charge is -2.26. The highest BCUT2D eigenvalue weighted by Gasteiger charge is 2.15. The monoisotopic (exact) mass is 347 g/mol. The summed E-state index contributed by atoms with van der Waals surface area (Å²) in [6.07, 6.45) is 0.947. The van der Waals surface area contributed by atoms with Crippen molar-refractivity contribution in [2.75, 3.05) is 34.2 Å². The molecule has 0 aliphatic rings. The number of nitrogens with one attached hydrogen (secondary N) is 3. The zero-order chi connectivity index (χ0) is 18.9. The van der Waals surface area contributed by atoms with Crippen LogP contribution in [0.2, 0.25) is 0 Å². The van der Waals surface area contributed by atoms with Gasteiger partial charge in [-0.2, -0.15) is 0 Å². The van der Waals surface area contributed by atoms with Crippen LogP contribution in [0.4, 0.5) is 0 Å². The van der Waals surface area contributed by atoms with E-state index in [0.29, 0.717) is 12.0 Å². The van der Waals surface area contributed by atoms with Gasteiger partial charge in [-0.25, -0.2) is 0 Å². The third-order valence-electron chi connectivity index (χ3n) is 3.70. The van der Waals surface area contributed by atoms with Crippen molar-refractivity contribution in [3.63, 3.8) is 0 Å². The molecule has 0 bridgehead atoms. The lowest BCUT2D eigenvalue weighted by molar-refractivity contribution is -0.121. The smallest absolute Gasteiger partial charge is 0.239 e. The Kier molecular flexibility index (Phi) is 8.41. The summed E-state index contributed by atoms with van der Waals surface area (Å²) in [5.74, 6) is 0.577. The first-order chi connectivity index (χ1) is 11.7. The molecule has 0 radical (unpaired) electrons. The van der Waals surface area contributed by atoms with Crippen LogP contribution in [-0.2, 0) is 11.2 Å². The fourth-order valence-corrected chi connectivity index (χ4v) is 2.39. The molecule has 6 nitrogen and oxygen atoms in total. The summed E-state index contributed by atoms with van der Waals surface area (Å²) in [6.45, 7) is 6.82. The van der Waals surface area contributed by atoms with Crippen molar-refractivity contribution in [3.8, 4) is 0 Å². The van der Waals surface area contributed by atoms with Crippen molar-refractivity contribution >= 4 is 11.9 Å². The molecular formula is C19H33N5O. The Bertz CT molecular complexity index is 549. The maximum Gasteiger partial charge on any atom is 0.239 e. The maximum absolute atomic E-state index is 11.9. The molecule has 1 unspecified atom stereocenters. The number of hydrogen-bond acceptors (Lipinski definition) is 3. The lowest BCUT2D eigenvalue weighted by Crippen LogP contribution is -2.50. The molecule has 0 fully saturated rings. The van der Waals surface area contributed by atoms with Gasteiger partial charge in [-0.15, -0.1) is 0 Å². The number of aliphatic imine (C=N–C) groups is 1. The number of nitrogens with zero attached hydrogens (tertiary/aromatic N) is 2. The zero-order valence-corrected chi connectivity index (χ0v) is 16.4. The molecule has 6 heteroatoms. The Morgan fingerprint density at radius 3 is 2.32 bits per heavy atom. The first kappa shape index (κ1) is 21.0. The van der Waals surface area contributed by atoms with E-state index in [-0.39, 0.29) is 18.0 Å². The Hall–Kier alpha value is -2.08. The molecular weight excluding hydrogens is 314 g/mol. The van der Waals surface area contributed by atoms with Crippen molar-refractivity contribution in [1.82, 2.24) is 20.9 Å². The fraction of sp³-hybridized carbons (Fsp3) is 0.579. The van der Waals surface area contributed by atoms with Crippen LogP contribution in [-0.4, -0.2) is 62.6 Å². The Morgan fingerprint density at radius 1 is 1.16 bits per heavy atom. The van der Waals surface area contributed by atoms with Crippen LogP contribution in [0.3, 0.4) is 0 Å². The Labute approximate surface area is 152 Å². The summed E-state index contributed by atoms with van der Waals surface area (Å²) >= 11 is 0. The normalized spacial score (nSPS) is 13.5. The van der Waals surface area contributed by atoms with Gasteiger partial charge >= 0.3 is 0 Å². The molecule has 1 aromatic rings. The van der Waals surface area contributed by atoms with Crippen molar-refractivity contribution in [1.29, 1.82) is 0 Å². The first-order valence-electron chi connectivity index (χ1n) is 8.67. The molecule has 1 amide bonds. The molecule has 25 heavy (non-hydrogen) atoms. The molecule has 1 aromatic carbocycles. The molecule has 0 saturated carbocycles. The van der Waals surface area contributed by atoms with Gasteiger partial charge in [0.15, 0.2) is 5.96 Å². The van der Waals surface area contributed by atoms with Crippen molar-refractivity contribution < 1.29 is 4.79 Å². The van der Waals surface area contributed by atoms with E-state index >= 15 is 0 Å². The van der Waals surface area contributed by atoms with Gasteiger partial charge in [0.25, 0.3) is 0 Å². The number of likely N-dealkylation sites (N-methyl/N-ethyl adjacent to an activating group) is 1. The molecule has 1 atom stereocenters. The highest BCUT2D eigenvalue weighted by atomic mass is 16.2. The number of benzene rings is 1.